The van der Waals surface area contributed by atoms with Crippen molar-refractivity contribution in [1.29, 1.82) is 5.26 Å². The molecule has 0 spiro atoms. The second-order valence-corrected chi connectivity index (χ2v) is 5.36. The molecule has 3 rings (SSSR count). The molecule has 0 aliphatic carbocycles. The van der Waals surface area contributed by atoms with Crippen molar-refractivity contribution in [3.8, 4) is 6.07 Å². The van der Waals surface area contributed by atoms with E-state index in [1.807, 2.05) is 12.1 Å². The molecule has 1 heterocycles. The summed E-state index contributed by atoms with van der Waals surface area (Å²) in [4.78, 5) is 2.16. The Morgan fingerprint density at radius 3 is 2.95 bits per heavy atom. The van der Waals surface area contributed by atoms with E-state index in [-0.39, 0.29) is 5.82 Å². The van der Waals surface area contributed by atoms with Gasteiger partial charge in [0.2, 0.25) is 0 Å². The minimum absolute atomic E-state index is 0.263. The SMILES string of the molecule is N#Cc1ccc(F)c(CN2CCc3cccc(N)c3C2)c1. The molecule has 21 heavy (non-hydrogen) atoms. The molecule has 0 unspecified atom stereocenters. The summed E-state index contributed by atoms with van der Waals surface area (Å²) in [6.45, 7) is 2.08. The molecule has 3 nitrogen and oxygen atoms in total. The molecule has 0 fully saturated rings. The molecule has 0 bridgehead atoms. The molecule has 0 radical (unpaired) electrons. The van der Waals surface area contributed by atoms with Crippen LogP contribution >= 0.6 is 0 Å². The lowest BCUT2D eigenvalue weighted by Crippen LogP contribution is -2.31. The molecule has 106 valence electrons. The van der Waals surface area contributed by atoms with Crippen LogP contribution in [-0.2, 0) is 19.5 Å². The Balaban J connectivity index is 1.82. The van der Waals surface area contributed by atoms with Crippen molar-refractivity contribution in [2.45, 2.75) is 19.5 Å². The zero-order valence-electron chi connectivity index (χ0n) is 11.6. The Labute approximate surface area is 123 Å². The van der Waals surface area contributed by atoms with E-state index < -0.39 is 0 Å². The molecule has 2 N–H and O–H groups in total. The number of benzene rings is 2. The summed E-state index contributed by atoms with van der Waals surface area (Å²) in [5.41, 5.74) is 10.3. The first kappa shape index (κ1) is 13.6. The van der Waals surface area contributed by atoms with Crippen LogP contribution in [0.4, 0.5) is 10.1 Å². The Morgan fingerprint density at radius 1 is 1.29 bits per heavy atom. The van der Waals surface area contributed by atoms with E-state index in [0.29, 0.717) is 17.7 Å². The van der Waals surface area contributed by atoms with Gasteiger partial charge in [0.1, 0.15) is 5.82 Å². The Bertz CT molecular complexity index is 718. The number of nitriles is 1. The predicted molar refractivity (Wildman–Crippen MR) is 79.8 cm³/mol. The van der Waals surface area contributed by atoms with Crippen molar-refractivity contribution in [1.82, 2.24) is 4.90 Å². The summed E-state index contributed by atoms with van der Waals surface area (Å²) < 4.78 is 13.9. The molecule has 1 aliphatic heterocycles. The van der Waals surface area contributed by atoms with E-state index in [1.54, 1.807) is 6.07 Å². The lowest BCUT2D eigenvalue weighted by atomic mass is 9.97. The monoisotopic (exact) mass is 281 g/mol. The van der Waals surface area contributed by atoms with Crippen LogP contribution in [0.2, 0.25) is 0 Å². The van der Waals surface area contributed by atoms with Gasteiger partial charge in [-0.1, -0.05) is 12.1 Å². The average Bonchev–Trinajstić information content (AvgIpc) is 2.50. The third-order valence-electron chi connectivity index (χ3n) is 3.96. The fourth-order valence-electron chi connectivity index (χ4n) is 2.80. The van der Waals surface area contributed by atoms with Gasteiger partial charge in [0, 0.05) is 30.9 Å². The lowest BCUT2D eigenvalue weighted by molar-refractivity contribution is 0.243. The van der Waals surface area contributed by atoms with Gasteiger partial charge < -0.3 is 5.73 Å². The first-order valence-corrected chi connectivity index (χ1v) is 6.94. The van der Waals surface area contributed by atoms with E-state index in [1.165, 1.54) is 17.7 Å². The molecule has 4 heteroatoms. The van der Waals surface area contributed by atoms with E-state index in [4.69, 9.17) is 11.0 Å². The maximum absolute atomic E-state index is 13.9. The van der Waals surface area contributed by atoms with Crippen LogP contribution in [0.1, 0.15) is 22.3 Å². The van der Waals surface area contributed by atoms with Crippen LogP contribution in [0.25, 0.3) is 0 Å². The smallest absolute Gasteiger partial charge is 0.127 e. The molecule has 0 saturated heterocycles. The topological polar surface area (TPSA) is 53.0 Å². The summed E-state index contributed by atoms with van der Waals surface area (Å²) in [7, 11) is 0. The number of nitrogen functional groups attached to an aromatic ring is 1. The number of hydrogen-bond acceptors (Lipinski definition) is 3. The van der Waals surface area contributed by atoms with E-state index in [9.17, 15) is 4.39 Å². The van der Waals surface area contributed by atoms with Crippen molar-refractivity contribution in [2.75, 3.05) is 12.3 Å². The summed E-state index contributed by atoms with van der Waals surface area (Å²) in [5.74, 6) is -0.263. The van der Waals surface area contributed by atoms with Crippen molar-refractivity contribution in [3.05, 3.63) is 64.5 Å². The second-order valence-electron chi connectivity index (χ2n) is 5.36. The highest BCUT2D eigenvalue weighted by Crippen LogP contribution is 2.25. The first-order valence-electron chi connectivity index (χ1n) is 6.94. The van der Waals surface area contributed by atoms with Crippen LogP contribution in [0, 0.1) is 17.1 Å². The van der Waals surface area contributed by atoms with E-state index >= 15 is 0 Å². The van der Waals surface area contributed by atoms with Gasteiger partial charge in [-0.25, -0.2) is 4.39 Å². The van der Waals surface area contributed by atoms with Gasteiger partial charge in [0.05, 0.1) is 11.6 Å². The number of nitrogens with two attached hydrogens (primary N) is 1. The minimum atomic E-state index is -0.263. The number of nitrogens with zero attached hydrogens (tertiary/aromatic N) is 2. The third-order valence-corrected chi connectivity index (χ3v) is 3.96. The number of halogens is 1. The van der Waals surface area contributed by atoms with Gasteiger partial charge in [0.15, 0.2) is 0 Å². The molecule has 2 aromatic carbocycles. The van der Waals surface area contributed by atoms with Crippen molar-refractivity contribution >= 4 is 5.69 Å². The molecule has 1 aliphatic rings. The maximum Gasteiger partial charge on any atom is 0.127 e. The molecule has 0 amide bonds. The van der Waals surface area contributed by atoms with Crippen LogP contribution in [0.3, 0.4) is 0 Å². The van der Waals surface area contributed by atoms with Gasteiger partial charge in [-0.2, -0.15) is 5.26 Å². The Morgan fingerprint density at radius 2 is 2.14 bits per heavy atom. The van der Waals surface area contributed by atoms with Gasteiger partial charge in [-0.3, -0.25) is 4.90 Å². The fraction of sp³-hybridized carbons (Fsp3) is 0.235. The summed E-state index contributed by atoms with van der Waals surface area (Å²) in [5, 5.41) is 8.92. The highest BCUT2D eigenvalue weighted by Gasteiger charge is 2.19. The second kappa shape index (κ2) is 5.55. The van der Waals surface area contributed by atoms with E-state index in [0.717, 1.165) is 30.8 Å². The Kier molecular flexibility index (Phi) is 3.59. The quantitative estimate of drug-likeness (QED) is 0.861. The molecular formula is C17H16FN3. The number of rotatable bonds is 2. The van der Waals surface area contributed by atoms with Crippen LogP contribution < -0.4 is 5.73 Å². The summed E-state index contributed by atoms with van der Waals surface area (Å²) >= 11 is 0. The van der Waals surface area contributed by atoms with E-state index in [2.05, 4.69) is 17.0 Å². The van der Waals surface area contributed by atoms with Crippen molar-refractivity contribution in [2.24, 2.45) is 0 Å². The zero-order chi connectivity index (χ0) is 14.8. The molecular weight excluding hydrogens is 265 g/mol. The van der Waals surface area contributed by atoms with Crippen LogP contribution in [0.5, 0.6) is 0 Å². The van der Waals surface area contributed by atoms with Gasteiger partial charge in [-0.15, -0.1) is 0 Å². The zero-order valence-corrected chi connectivity index (χ0v) is 11.6. The van der Waals surface area contributed by atoms with Crippen LogP contribution in [-0.4, -0.2) is 11.4 Å². The average molecular weight is 281 g/mol. The maximum atomic E-state index is 13.9. The molecule has 0 aromatic heterocycles. The highest BCUT2D eigenvalue weighted by atomic mass is 19.1. The molecule has 0 atom stereocenters. The van der Waals surface area contributed by atoms with Gasteiger partial charge in [-0.05, 0) is 41.8 Å². The predicted octanol–water partition coefficient (Wildman–Crippen LogP) is 2.84. The lowest BCUT2D eigenvalue weighted by Gasteiger charge is -2.29. The first-order chi connectivity index (χ1) is 10.2. The number of anilines is 1. The Hall–Kier alpha value is -2.38. The highest BCUT2D eigenvalue weighted by molar-refractivity contribution is 5.51. The standard InChI is InChI=1S/C17H16FN3/c18-16-5-4-12(9-19)8-14(16)10-21-7-6-13-2-1-3-17(20)15(13)11-21/h1-5,8H,6-7,10-11,20H2. The largest absolute Gasteiger partial charge is 0.398 e. The van der Waals surface area contributed by atoms with Crippen LogP contribution in [0.15, 0.2) is 36.4 Å². The normalized spacial score (nSPS) is 14.5. The van der Waals surface area contributed by atoms with Gasteiger partial charge >= 0.3 is 0 Å². The summed E-state index contributed by atoms with van der Waals surface area (Å²) in [6, 6.07) is 12.5. The summed E-state index contributed by atoms with van der Waals surface area (Å²) in [6.07, 6.45) is 0.917. The molecule has 0 saturated carbocycles. The molecule has 2 aromatic rings. The fourth-order valence-corrected chi connectivity index (χ4v) is 2.80. The van der Waals surface area contributed by atoms with Crippen molar-refractivity contribution < 1.29 is 4.39 Å². The number of fused-ring (bicyclic) bond motifs is 1. The number of hydrogen-bond donors (Lipinski definition) is 1. The van der Waals surface area contributed by atoms with Crippen molar-refractivity contribution in [3.63, 3.8) is 0 Å². The minimum Gasteiger partial charge on any atom is -0.398 e. The third kappa shape index (κ3) is 2.74. The van der Waals surface area contributed by atoms with Gasteiger partial charge in [0.25, 0.3) is 0 Å².